The van der Waals surface area contributed by atoms with Gasteiger partial charge in [0.15, 0.2) is 0 Å². The Morgan fingerprint density at radius 3 is 2.53 bits per heavy atom. The second kappa shape index (κ2) is 3.86. The van der Waals surface area contributed by atoms with Crippen molar-refractivity contribution in [3.8, 4) is 0 Å². The van der Waals surface area contributed by atoms with E-state index in [1.165, 1.54) is 18.2 Å². The molecule has 1 aliphatic rings. The van der Waals surface area contributed by atoms with Gasteiger partial charge in [-0.25, -0.2) is 13.1 Å². The summed E-state index contributed by atoms with van der Waals surface area (Å²) in [5, 5.41) is 0.253. The molecule has 1 fully saturated rings. The molecule has 1 unspecified atom stereocenters. The van der Waals surface area contributed by atoms with Crippen molar-refractivity contribution >= 4 is 27.3 Å². The monoisotopic (exact) mass is 274 g/mol. The summed E-state index contributed by atoms with van der Waals surface area (Å²) in [7, 11) is -3.50. The van der Waals surface area contributed by atoms with E-state index in [-0.39, 0.29) is 21.4 Å². The van der Waals surface area contributed by atoms with Crippen LogP contribution in [0.15, 0.2) is 23.1 Å². The van der Waals surface area contributed by atoms with Crippen LogP contribution < -0.4 is 10.5 Å². The van der Waals surface area contributed by atoms with Gasteiger partial charge in [0.05, 0.1) is 15.6 Å². The highest BCUT2D eigenvalue weighted by Gasteiger charge is 2.47. The highest BCUT2D eigenvalue weighted by Crippen LogP contribution is 2.45. The Balaban J connectivity index is 2.23. The molecule has 1 aliphatic carbocycles. The van der Waals surface area contributed by atoms with Crippen molar-refractivity contribution in [2.75, 3.05) is 5.73 Å². The van der Waals surface area contributed by atoms with Crippen LogP contribution in [-0.2, 0) is 10.0 Å². The number of rotatable bonds is 3. The molecule has 0 heterocycles. The molecule has 0 aliphatic heterocycles. The first kappa shape index (κ1) is 12.7. The van der Waals surface area contributed by atoms with E-state index in [9.17, 15) is 8.42 Å². The number of halogens is 1. The Kier molecular flexibility index (Phi) is 2.88. The van der Waals surface area contributed by atoms with Crippen molar-refractivity contribution < 1.29 is 8.42 Å². The van der Waals surface area contributed by atoms with Crippen LogP contribution in [0.3, 0.4) is 0 Å². The average molecular weight is 275 g/mol. The Morgan fingerprint density at radius 1 is 1.47 bits per heavy atom. The van der Waals surface area contributed by atoms with E-state index in [0.29, 0.717) is 5.69 Å². The zero-order valence-corrected chi connectivity index (χ0v) is 11.3. The summed E-state index contributed by atoms with van der Waals surface area (Å²) >= 11 is 5.81. The van der Waals surface area contributed by atoms with E-state index < -0.39 is 10.0 Å². The van der Waals surface area contributed by atoms with Gasteiger partial charge in [-0.1, -0.05) is 25.4 Å². The van der Waals surface area contributed by atoms with Gasteiger partial charge in [0.1, 0.15) is 0 Å². The highest BCUT2D eigenvalue weighted by atomic mass is 35.5. The largest absolute Gasteiger partial charge is 0.398 e. The third-order valence-corrected chi connectivity index (χ3v) is 4.89. The molecule has 4 nitrogen and oxygen atoms in total. The Morgan fingerprint density at radius 2 is 2.06 bits per heavy atom. The number of hydrogen-bond acceptors (Lipinski definition) is 3. The van der Waals surface area contributed by atoms with Gasteiger partial charge in [-0.3, -0.25) is 0 Å². The van der Waals surface area contributed by atoms with Crippen molar-refractivity contribution in [1.29, 1.82) is 0 Å². The van der Waals surface area contributed by atoms with Crippen molar-refractivity contribution in [3.63, 3.8) is 0 Å². The molecule has 1 atom stereocenters. The molecule has 0 bridgehead atoms. The van der Waals surface area contributed by atoms with Gasteiger partial charge in [-0.15, -0.1) is 0 Å². The van der Waals surface area contributed by atoms with E-state index >= 15 is 0 Å². The summed E-state index contributed by atoms with van der Waals surface area (Å²) in [6.45, 7) is 4.05. The van der Waals surface area contributed by atoms with Crippen LogP contribution >= 0.6 is 11.6 Å². The van der Waals surface area contributed by atoms with Crippen LogP contribution in [0.1, 0.15) is 20.3 Å². The fourth-order valence-corrected chi connectivity index (χ4v) is 3.28. The maximum absolute atomic E-state index is 12.0. The first-order valence-electron chi connectivity index (χ1n) is 5.30. The third kappa shape index (κ3) is 2.56. The number of sulfonamides is 1. The SMILES string of the molecule is CC1(C)CC1NS(=O)(=O)c1ccc(N)c(Cl)c1. The normalized spacial score (nSPS) is 22.4. The predicted molar refractivity (Wildman–Crippen MR) is 68.4 cm³/mol. The number of nitrogens with one attached hydrogen (secondary N) is 1. The van der Waals surface area contributed by atoms with Crippen LogP contribution in [0.5, 0.6) is 0 Å². The van der Waals surface area contributed by atoms with Crippen LogP contribution in [0.2, 0.25) is 5.02 Å². The lowest BCUT2D eigenvalue weighted by atomic mass is 10.2. The van der Waals surface area contributed by atoms with Crippen molar-refractivity contribution in [1.82, 2.24) is 4.72 Å². The molecule has 3 N–H and O–H groups in total. The van der Waals surface area contributed by atoms with Gasteiger partial charge in [0.25, 0.3) is 0 Å². The summed E-state index contributed by atoms with van der Waals surface area (Å²) in [4.78, 5) is 0.152. The van der Waals surface area contributed by atoms with Gasteiger partial charge in [-0.2, -0.15) is 0 Å². The molecule has 17 heavy (non-hydrogen) atoms. The quantitative estimate of drug-likeness (QED) is 0.828. The lowest BCUT2D eigenvalue weighted by Gasteiger charge is -2.09. The van der Waals surface area contributed by atoms with Crippen LogP contribution in [0.4, 0.5) is 5.69 Å². The maximum atomic E-state index is 12.0. The lowest BCUT2D eigenvalue weighted by Crippen LogP contribution is -2.28. The smallest absolute Gasteiger partial charge is 0.240 e. The first-order chi connectivity index (χ1) is 7.72. The fourth-order valence-electron chi connectivity index (χ4n) is 1.60. The summed E-state index contributed by atoms with van der Waals surface area (Å²) in [5.74, 6) is 0. The number of hydrogen-bond donors (Lipinski definition) is 2. The van der Waals surface area contributed by atoms with Gasteiger partial charge in [0.2, 0.25) is 10.0 Å². The number of nitrogens with two attached hydrogens (primary N) is 1. The third-order valence-electron chi connectivity index (χ3n) is 3.09. The molecule has 2 rings (SSSR count). The Hall–Kier alpha value is -0.780. The zero-order chi connectivity index (χ0) is 12.8. The predicted octanol–water partition coefficient (Wildman–Crippen LogP) is 2.00. The van der Waals surface area contributed by atoms with E-state index in [0.717, 1.165) is 6.42 Å². The molecule has 0 aromatic heterocycles. The van der Waals surface area contributed by atoms with Crippen molar-refractivity contribution in [3.05, 3.63) is 23.2 Å². The van der Waals surface area contributed by atoms with E-state index in [2.05, 4.69) is 4.72 Å². The topological polar surface area (TPSA) is 72.2 Å². The standard InChI is InChI=1S/C11H15ClN2O2S/c1-11(2)6-10(11)14-17(15,16)7-3-4-9(13)8(12)5-7/h3-5,10,14H,6,13H2,1-2H3. The Bertz CT molecular complexity index is 555. The molecule has 6 heteroatoms. The molecular weight excluding hydrogens is 260 g/mol. The Labute approximate surface area is 106 Å². The minimum absolute atomic E-state index is 0.00354. The summed E-state index contributed by atoms with van der Waals surface area (Å²) in [6, 6.07) is 4.33. The highest BCUT2D eigenvalue weighted by molar-refractivity contribution is 7.89. The van der Waals surface area contributed by atoms with Gasteiger partial charge in [0, 0.05) is 6.04 Å². The zero-order valence-electron chi connectivity index (χ0n) is 9.70. The van der Waals surface area contributed by atoms with Crippen LogP contribution in [0, 0.1) is 5.41 Å². The minimum Gasteiger partial charge on any atom is -0.398 e. The number of nitrogen functional groups attached to an aromatic ring is 1. The second-order valence-corrected chi connectivity index (χ2v) is 7.17. The maximum Gasteiger partial charge on any atom is 0.240 e. The fraction of sp³-hybridized carbons (Fsp3) is 0.455. The molecular formula is C11H15ClN2O2S. The van der Waals surface area contributed by atoms with E-state index in [1.807, 2.05) is 13.8 Å². The molecule has 1 aromatic rings. The summed E-state index contributed by atoms with van der Waals surface area (Å²) in [5.41, 5.74) is 5.96. The molecule has 1 aromatic carbocycles. The van der Waals surface area contributed by atoms with Crippen molar-refractivity contribution in [2.24, 2.45) is 5.41 Å². The lowest BCUT2D eigenvalue weighted by molar-refractivity contribution is 0.555. The molecule has 0 spiro atoms. The number of anilines is 1. The number of benzene rings is 1. The summed E-state index contributed by atoms with van der Waals surface area (Å²) in [6.07, 6.45) is 0.856. The van der Waals surface area contributed by atoms with Gasteiger partial charge in [-0.05, 0) is 30.0 Å². The summed E-state index contributed by atoms with van der Waals surface area (Å²) < 4.78 is 26.7. The molecule has 0 amide bonds. The molecule has 1 saturated carbocycles. The minimum atomic E-state index is -3.50. The van der Waals surface area contributed by atoms with Crippen LogP contribution in [0.25, 0.3) is 0 Å². The van der Waals surface area contributed by atoms with Gasteiger partial charge >= 0.3 is 0 Å². The second-order valence-electron chi connectivity index (χ2n) is 5.05. The van der Waals surface area contributed by atoms with E-state index in [1.54, 1.807) is 0 Å². The first-order valence-corrected chi connectivity index (χ1v) is 7.16. The van der Waals surface area contributed by atoms with E-state index in [4.69, 9.17) is 17.3 Å². The average Bonchev–Trinajstić information content (AvgIpc) is 2.77. The molecule has 94 valence electrons. The van der Waals surface area contributed by atoms with Crippen molar-refractivity contribution in [2.45, 2.75) is 31.2 Å². The molecule has 0 radical (unpaired) electrons. The van der Waals surface area contributed by atoms with Gasteiger partial charge < -0.3 is 5.73 Å². The molecule has 0 saturated heterocycles. The van der Waals surface area contributed by atoms with Crippen LogP contribution in [-0.4, -0.2) is 14.5 Å².